The lowest BCUT2D eigenvalue weighted by molar-refractivity contribution is 0.594. The summed E-state index contributed by atoms with van der Waals surface area (Å²) >= 11 is 1.31. The number of fused-ring (bicyclic) bond motifs is 1. The molecule has 0 saturated carbocycles. The SMILES string of the molecule is C=CCn1c(=NS(=O)(=O)c2ccc(F)cc2)sc2cc(C)c(C)cc21. The Morgan fingerprint density at radius 3 is 2.48 bits per heavy atom. The quantitative estimate of drug-likeness (QED) is 0.648. The molecule has 7 heteroatoms. The van der Waals surface area contributed by atoms with Crippen molar-refractivity contribution in [2.24, 2.45) is 4.40 Å². The third-order valence-corrected chi connectivity index (χ3v) is 6.36. The first kappa shape index (κ1) is 17.6. The van der Waals surface area contributed by atoms with Crippen molar-refractivity contribution in [3.05, 3.63) is 70.8 Å². The van der Waals surface area contributed by atoms with Crippen LogP contribution in [-0.4, -0.2) is 13.0 Å². The highest BCUT2D eigenvalue weighted by molar-refractivity contribution is 7.90. The fraction of sp³-hybridized carbons (Fsp3) is 0.167. The number of rotatable bonds is 4. The lowest BCUT2D eigenvalue weighted by Gasteiger charge is -2.04. The number of halogens is 1. The van der Waals surface area contributed by atoms with Crippen LogP contribution in [0.3, 0.4) is 0 Å². The molecule has 0 spiro atoms. The summed E-state index contributed by atoms with van der Waals surface area (Å²) in [5, 5.41) is 0. The van der Waals surface area contributed by atoms with Crippen molar-refractivity contribution >= 4 is 31.6 Å². The van der Waals surface area contributed by atoms with Gasteiger partial charge in [-0.15, -0.1) is 11.0 Å². The Hall–Kier alpha value is -2.25. The lowest BCUT2D eigenvalue weighted by atomic mass is 10.1. The van der Waals surface area contributed by atoms with Crippen LogP contribution in [0.2, 0.25) is 0 Å². The molecular weight excluding hydrogens is 359 g/mol. The lowest BCUT2D eigenvalue weighted by Crippen LogP contribution is -2.16. The molecule has 3 rings (SSSR count). The van der Waals surface area contributed by atoms with Crippen molar-refractivity contribution in [2.45, 2.75) is 25.3 Å². The molecule has 0 radical (unpaired) electrons. The number of allylic oxidation sites excluding steroid dienone is 1. The molecule has 0 aliphatic carbocycles. The van der Waals surface area contributed by atoms with E-state index in [-0.39, 0.29) is 4.90 Å². The number of sulfonamides is 1. The second-order valence-electron chi connectivity index (χ2n) is 5.71. The number of hydrogen-bond acceptors (Lipinski definition) is 3. The van der Waals surface area contributed by atoms with Crippen LogP contribution in [0.15, 0.2) is 58.3 Å². The zero-order chi connectivity index (χ0) is 18.2. The van der Waals surface area contributed by atoms with Gasteiger partial charge in [0.1, 0.15) is 5.82 Å². The Balaban J connectivity index is 2.26. The number of hydrogen-bond donors (Lipinski definition) is 0. The molecule has 0 atom stereocenters. The van der Waals surface area contributed by atoms with Crippen LogP contribution in [0.1, 0.15) is 11.1 Å². The summed E-state index contributed by atoms with van der Waals surface area (Å²) in [5.74, 6) is -0.492. The number of benzene rings is 2. The predicted molar refractivity (Wildman–Crippen MR) is 98.6 cm³/mol. The van der Waals surface area contributed by atoms with Crippen LogP contribution in [0.5, 0.6) is 0 Å². The van der Waals surface area contributed by atoms with Crippen LogP contribution in [-0.2, 0) is 16.6 Å². The summed E-state index contributed by atoms with van der Waals surface area (Å²) in [7, 11) is -3.93. The van der Waals surface area contributed by atoms with E-state index in [1.54, 1.807) is 6.08 Å². The second-order valence-corrected chi connectivity index (χ2v) is 8.32. The van der Waals surface area contributed by atoms with Crippen molar-refractivity contribution in [1.29, 1.82) is 0 Å². The summed E-state index contributed by atoms with van der Waals surface area (Å²) in [6.45, 7) is 8.21. The van der Waals surface area contributed by atoms with Gasteiger partial charge in [-0.1, -0.05) is 17.4 Å². The van der Waals surface area contributed by atoms with Gasteiger partial charge in [-0.2, -0.15) is 8.42 Å². The van der Waals surface area contributed by atoms with Gasteiger partial charge in [-0.3, -0.25) is 0 Å². The van der Waals surface area contributed by atoms with Crippen molar-refractivity contribution < 1.29 is 12.8 Å². The zero-order valence-corrected chi connectivity index (χ0v) is 15.5. The fourth-order valence-electron chi connectivity index (χ4n) is 2.46. The van der Waals surface area contributed by atoms with Crippen molar-refractivity contribution in [3.63, 3.8) is 0 Å². The summed E-state index contributed by atoms with van der Waals surface area (Å²) in [5.41, 5.74) is 3.17. The molecule has 4 nitrogen and oxygen atoms in total. The summed E-state index contributed by atoms with van der Waals surface area (Å²) in [6.07, 6.45) is 1.70. The number of aryl methyl sites for hydroxylation is 2. The first-order valence-corrected chi connectivity index (χ1v) is 9.85. The maximum absolute atomic E-state index is 13.0. The van der Waals surface area contributed by atoms with Gasteiger partial charge < -0.3 is 4.57 Å². The summed E-state index contributed by atoms with van der Waals surface area (Å²) < 4.78 is 44.9. The standard InChI is InChI=1S/C18H17FN2O2S2/c1-4-9-21-16-10-12(2)13(3)11-17(16)24-18(21)20-25(22,23)15-7-5-14(19)6-8-15/h4-8,10-11H,1,9H2,2-3H3. The third-order valence-electron chi connectivity index (χ3n) is 3.92. The van der Waals surface area contributed by atoms with Gasteiger partial charge in [0.25, 0.3) is 10.0 Å². The molecule has 0 amide bonds. The molecule has 0 N–H and O–H groups in total. The Morgan fingerprint density at radius 1 is 1.20 bits per heavy atom. The summed E-state index contributed by atoms with van der Waals surface area (Å²) in [4.78, 5) is 0.327. The average molecular weight is 376 g/mol. The molecule has 25 heavy (non-hydrogen) atoms. The van der Waals surface area contributed by atoms with Crippen LogP contribution in [0, 0.1) is 19.7 Å². The first-order chi connectivity index (χ1) is 11.8. The molecule has 0 bridgehead atoms. The molecule has 0 saturated heterocycles. The molecule has 130 valence electrons. The number of thiazole rings is 1. The van der Waals surface area contributed by atoms with Gasteiger partial charge >= 0.3 is 0 Å². The number of nitrogens with zero attached hydrogens (tertiary/aromatic N) is 2. The molecule has 3 aromatic rings. The van der Waals surface area contributed by atoms with Crippen LogP contribution >= 0.6 is 11.3 Å². The van der Waals surface area contributed by atoms with E-state index in [0.29, 0.717) is 11.3 Å². The molecule has 1 heterocycles. The van der Waals surface area contributed by atoms with Gasteiger partial charge in [0.15, 0.2) is 0 Å². The predicted octanol–water partition coefficient (Wildman–Crippen LogP) is 3.93. The van der Waals surface area contributed by atoms with Gasteiger partial charge in [0.05, 0.1) is 15.1 Å². The van der Waals surface area contributed by atoms with Crippen LogP contribution in [0.4, 0.5) is 4.39 Å². The average Bonchev–Trinajstić information content (AvgIpc) is 2.85. The third kappa shape index (κ3) is 3.43. The Labute approximate surface area is 149 Å². The molecular formula is C18H17FN2O2S2. The normalized spacial score (nSPS) is 12.7. The van der Waals surface area contributed by atoms with Crippen molar-refractivity contribution in [2.75, 3.05) is 0 Å². The van der Waals surface area contributed by atoms with Crippen LogP contribution in [0.25, 0.3) is 10.2 Å². The minimum atomic E-state index is -3.93. The highest BCUT2D eigenvalue weighted by Crippen LogP contribution is 2.22. The monoisotopic (exact) mass is 376 g/mol. The molecule has 0 aliphatic heterocycles. The molecule has 0 aliphatic rings. The Bertz CT molecular complexity index is 1120. The maximum Gasteiger partial charge on any atom is 0.285 e. The van der Waals surface area contributed by atoms with E-state index < -0.39 is 15.8 Å². The van der Waals surface area contributed by atoms with E-state index in [9.17, 15) is 12.8 Å². The maximum atomic E-state index is 13.0. The largest absolute Gasteiger partial charge is 0.312 e. The highest BCUT2D eigenvalue weighted by atomic mass is 32.2. The van der Waals surface area contributed by atoms with Crippen molar-refractivity contribution in [3.8, 4) is 0 Å². The number of aromatic nitrogens is 1. The Morgan fingerprint density at radius 2 is 1.84 bits per heavy atom. The van der Waals surface area contributed by atoms with E-state index in [2.05, 4.69) is 11.0 Å². The topological polar surface area (TPSA) is 51.4 Å². The van der Waals surface area contributed by atoms with Gasteiger partial charge in [0, 0.05) is 6.54 Å². The van der Waals surface area contributed by atoms with E-state index in [4.69, 9.17) is 0 Å². The Kier molecular flexibility index (Phi) is 4.62. The van der Waals surface area contributed by atoms with Gasteiger partial charge in [0.2, 0.25) is 4.80 Å². The second kappa shape index (κ2) is 6.57. The zero-order valence-electron chi connectivity index (χ0n) is 13.9. The van der Waals surface area contributed by atoms with E-state index in [1.807, 2.05) is 30.5 Å². The molecule has 0 unspecified atom stereocenters. The highest BCUT2D eigenvalue weighted by Gasteiger charge is 2.15. The van der Waals surface area contributed by atoms with Crippen LogP contribution < -0.4 is 4.80 Å². The van der Waals surface area contributed by atoms with Gasteiger partial charge in [-0.25, -0.2) is 4.39 Å². The minimum Gasteiger partial charge on any atom is -0.312 e. The molecule has 2 aromatic carbocycles. The van der Waals surface area contributed by atoms with E-state index in [1.165, 1.54) is 23.5 Å². The van der Waals surface area contributed by atoms with Crippen molar-refractivity contribution in [1.82, 2.24) is 4.57 Å². The first-order valence-electron chi connectivity index (χ1n) is 7.60. The summed E-state index contributed by atoms with van der Waals surface area (Å²) in [6, 6.07) is 8.70. The van der Waals surface area contributed by atoms with Gasteiger partial charge in [-0.05, 0) is 61.4 Å². The smallest absolute Gasteiger partial charge is 0.285 e. The van der Waals surface area contributed by atoms with E-state index >= 15 is 0 Å². The minimum absolute atomic E-state index is 0.0381. The van der Waals surface area contributed by atoms with E-state index in [0.717, 1.165) is 33.5 Å². The molecule has 0 fully saturated rings. The fourth-order valence-corrected chi connectivity index (χ4v) is 4.78. The molecule has 1 aromatic heterocycles.